The molecule has 0 unspecified atom stereocenters. The Labute approximate surface area is 143 Å². The van der Waals surface area contributed by atoms with E-state index in [0.717, 1.165) is 0 Å². The van der Waals surface area contributed by atoms with E-state index in [1.807, 2.05) is 0 Å². The van der Waals surface area contributed by atoms with Crippen LogP contribution in [0.5, 0.6) is 0 Å². The summed E-state index contributed by atoms with van der Waals surface area (Å²) in [7, 11) is 0. The maximum atomic E-state index is 11.2. The molecule has 0 saturated carbocycles. The highest BCUT2D eigenvalue weighted by atomic mass is 16.7. The quantitative estimate of drug-likeness (QED) is 0.257. The Hall–Kier alpha value is -0.890. The summed E-state index contributed by atoms with van der Waals surface area (Å²) in [6, 6.07) is -1.24. The second-order valence-electron chi connectivity index (χ2n) is 6.25. The van der Waals surface area contributed by atoms with Crippen molar-refractivity contribution in [3.8, 4) is 0 Å². The molecule has 10 atom stereocenters. The Balaban J connectivity index is 2.15. The predicted molar refractivity (Wildman–Crippen MR) is 78.8 cm³/mol. The molecule has 7 N–H and O–H groups in total. The summed E-state index contributed by atoms with van der Waals surface area (Å²) in [6.45, 7) is 2.01. The van der Waals surface area contributed by atoms with Gasteiger partial charge in [-0.05, 0) is 6.92 Å². The maximum Gasteiger partial charge on any atom is 0.217 e. The lowest BCUT2D eigenvalue weighted by molar-refractivity contribution is -0.341. The Morgan fingerprint density at radius 2 is 1.68 bits per heavy atom. The lowest BCUT2D eigenvalue weighted by Crippen LogP contribution is -2.66. The number of carbonyl (C=O) groups is 1. The highest BCUT2D eigenvalue weighted by molar-refractivity contribution is 5.73. The first kappa shape index (κ1) is 20.4. The molecule has 2 saturated heterocycles. The third kappa shape index (κ3) is 4.27. The zero-order valence-corrected chi connectivity index (χ0v) is 13.8. The zero-order valence-electron chi connectivity index (χ0n) is 13.8. The Kier molecular flexibility index (Phi) is 6.70. The lowest BCUT2D eigenvalue weighted by atomic mass is 9.95. The van der Waals surface area contributed by atoms with Crippen LogP contribution in [0, 0.1) is 0 Å². The molecule has 146 valence electrons. The number of carbonyl (C=O) groups excluding carboxylic acids is 1. The van der Waals surface area contributed by atoms with E-state index in [0.29, 0.717) is 0 Å². The zero-order chi connectivity index (χ0) is 18.9. The number of rotatable bonds is 4. The first-order valence-electron chi connectivity index (χ1n) is 7.92. The lowest BCUT2D eigenvalue weighted by Gasteiger charge is -2.46. The predicted octanol–water partition coefficient (Wildman–Crippen LogP) is -4.23. The van der Waals surface area contributed by atoms with Crippen LogP contribution in [0.1, 0.15) is 13.8 Å². The normalized spacial score (nSPS) is 48.2. The molecular formula is C14H25NO10. The standard InChI is InChI=1S/C14H25NO10/c1-4-8(18)10(20)11(21)14(23-4)25-12-6(3-16)24-13(22)7(9(12)19)15-5(2)17/h4,6-14,16,18-22H,3H2,1-2H3,(H,15,17)/t4-,6-,7-,8+,9-,10-,11-,12+,13+,14-/m0/s1. The summed E-state index contributed by atoms with van der Waals surface area (Å²) in [5.41, 5.74) is 0. The summed E-state index contributed by atoms with van der Waals surface area (Å²) < 4.78 is 15.9. The van der Waals surface area contributed by atoms with E-state index in [1.165, 1.54) is 13.8 Å². The molecule has 0 bridgehead atoms. The van der Waals surface area contributed by atoms with Gasteiger partial charge in [0, 0.05) is 6.92 Å². The number of aliphatic hydroxyl groups is 6. The van der Waals surface area contributed by atoms with Gasteiger partial charge in [-0.15, -0.1) is 0 Å². The molecule has 2 fully saturated rings. The highest BCUT2D eigenvalue weighted by Gasteiger charge is 2.50. The largest absolute Gasteiger partial charge is 0.394 e. The first-order chi connectivity index (χ1) is 11.7. The minimum atomic E-state index is -1.62. The molecule has 0 aromatic heterocycles. The van der Waals surface area contributed by atoms with Crippen molar-refractivity contribution in [1.82, 2.24) is 5.32 Å². The molecule has 1 amide bonds. The second-order valence-corrected chi connectivity index (χ2v) is 6.25. The van der Waals surface area contributed by atoms with Crippen LogP contribution in [-0.4, -0.2) is 105 Å². The molecular weight excluding hydrogens is 342 g/mol. The second kappa shape index (κ2) is 8.20. The van der Waals surface area contributed by atoms with Crippen LogP contribution < -0.4 is 5.32 Å². The third-order valence-corrected chi connectivity index (χ3v) is 4.34. The minimum Gasteiger partial charge on any atom is -0.394 e. The van der Waals surface area contributed by atoms with Gasteiger partial charge < -0.3 is 50.2 Å². The number of nitrogens with one attached hydrogen (secondary N) is 1. The van der Waals surface area contributed by atoms with Crippen molar-refractivity contribution < 1.29 is 49.6 Å². The average molecular weight is 367 g/mol. The highest BCUT2D eigenvalue weighted by Crippen LogP contribution is 2.28. The number of hydrogen-bond acceptors (Lipinski definition) is 10. The van der Waals surface area contributed by atoms with Gasteiger partial charge in [0.2, 0.25) is 5.91 Å². The molecule has 2 aliphatic heterocycles. The Bertz CT molecular complexity index is 465. The number of aliphatic hydroxyl groups excluding tert-OH is 6. The van der Waals surface area contributed by atoms with Crippen molar-refractivity contribution in [1.29, 1.82) is 0 Å². The van der Waals surface area contributed by atoms with Gasteiger partial charge in [0.1, 0.15) is 42.7 Å². The summed E-state index contributed by atoms with van der Waals surface area (Å²) >= 11 is 0. The van der Waals surface area contributed by atoms with Crippen molar-refractivity contribution in [3.05, 3.63) is 0 Å². The van der Waals surface area contributed by atoms with Gasteiger partial charge in [-0.25, -0.2) is 0 Å². The van der Waals surface area contributed by atoms with E-state index in [9.17, 15) is 35.4 Å². The first-order valence-corrected chi connectivity index (χ1v) is 7.92. The molecule has 2 aliphatic rings. The average Bonchev–Trinajstić information content (AvgIpc) is 2.56. The molecule has 0 radical (unpaired) electrons. The fourth-order valence-corrected chi connectivity index (χ4v) is 2.92. The fraction of sp³-hybridized carbons (Fsp3) is 0.929. The van der Waals surface area contributed by atoms with E-state index >= 15 is 0 Å². The molecule has 0 spiro atoms. The van der Waals surface area contributed by atoms with E-state index in [4.69, 9.17) is 14.2 Å². The minimum absolute atomic E-state index is 0.533. The van der Waals surface area contributed by atoms with Gasteiger partial charge in [-0.3, -0.25) is 4.79 Å². The molecule has 25 heavy (non-hydrogen) atoms. The fourth-order valence-electron chi connectivity index (χ4n) is 2.92. The molecule has 0 aromatic rings. The number of amides is 1. The van der Waals surface area contributed by atoms with Gasteiger partial charge in [-0.2, -0.15) is 0 Å². The van der Waals surface area contributed by atoms with Crippen molar-refractivity contribution in [3.63, 3.8) is 0 Å². The maximum absolute atomic E-state index is 11.2. The van der Waals surface area contributed by atoms with Gasteiger partial charge >= 0.3 is 0 Å². The summed E-state index contributed by atoms with van der Waals surface area (Å²) in [5, 5.41) is 61.5. The van der Waals surface area contributed by atoms with Crippen molar-refractivity contribution in [2.75, 3.05) is 6.61 Å². The monoisotopic (exact) mass is 367 g/mol. The van der Waals surface area contributed by atoms with E-state index < -0.39 is 73.9 Å². The number of hydrogen-bond donors (Lipinski definition) is 7. The van der Waals surface area contributed by atoms with E-state index in [2.05, 4.69) is 5.32 Å². The molecule has 2 rings (SSSR count). The molecule has 2 heterocycles. The van der Waals surface area contributed by atoms with Crippen molar-refractivity contribution >= 4 is 5.91 Å². The number of ether oxygens (including phenoxy) is 3. The SMILES string of the molecule is CC(=O)N[C@H]1[C@H](O)[C@H](O[C@@H]2O[C@@H](C)[C@@H](O)[C@H](O)[C@@H]2O)[C@H](CO)O[C@H]1O. The Morgan fingerprint density at radius 3 is 2.24 bits per heavy atom. The Morgan fingerprint density at radius 1 is 1.04 bits per heavy atom. The smallest absolute Gasteiger partial charge is 0.217 e. The van der Waals surface area contributed by atoms with Gasteiger partial charge in [-0.1, -0.05) is 0 Å². The van der Waals surface area contributed by atoms with Gasteiger partial charge in [0.25, 0.3) is 0 Å². The van der Waals surface area contributed by atoms with Crippen LogP contribution in [0.2, 0.25) is 0 Å². The van der Waals surface area contributed by atoms with Crippen molar-refractivity contribution in [2.45, 2.75) is 75.2 Å². The van der Waals surface area contributed by atoms with Crippen LogP contribution in [-0.2, 0) is 19.0 Å². The summed E-state index contributed by atoms with van der Waals surface area (Å²) in [4.78, 5) is 11.2. The van der Waals surface area contributed by atoms with Crippen molar-refractivity contribution in [2.24, 2.45) is 0 Å². The molecule has 0 aliphatic carbocycles. The third-order valence-electron chi connectivity index (χ3n) is 4.34. The van der Waals surface area contributed by atoms with Gasteiger partial charge in [0.15, 0.2) is 12.6 Å². The molecule has 11 nitrogen and oxygen atoms in total. The van der Waals surface area contributed by atoms with Crippen LogP contribution in [0.25, 0.3) is 0 Å². The summed E-state index contributed by atoms with van der Waals surface area (Å²) in [6.07, 6.45) is -12.3. The summed E-state index contributed by atoms with van der Waals surface area (Å²) in [5.74, 6) is -0.533. The molecule has 0 aromatic carbocycles. The van der Waals surface area contributed by atoms with Crippen LogP contribution in [0.15, 0.2) is 0 Å². The van der Waals surface area contributed by atoms with Crippen LogP contribution in [0.4, 0.5) is 0 Å². The van der Waals surface area contributed by atoms with E-state index in [1.54, 1.807) is 0 Å². The molecule has 11 heteroatoms. The van der Waals surface area contributed by atoms with E-state index in [-0.39, 0.29) is 0 Å². The van der Waals surface area contributed by atoms with Crippen LogP contribution >= 0.6 is 0 Å². The topological polar surface area (TPSA) is 178 Å². The van der Waals surface area contributed by atoms with Crippen LogP contribution in [0.3, 0.4) is 0 Å². The van der Waals surface area contributed by atoms with Gasteiger partial charge in [0.05, 0.1) is 12.7 Å².